The van der Waals surface area contributed by atoms with Crippen LogP contribution in [-0.4, -0.2) is 27.2 Å². The van der Waals surface area contributed by atoms with Gasteiger partial charge in [-0.1, -0.05) is 30.3 Å². The highest BCUT2D eigenvalue weighted by atomic mass is 16.5. The summed E-state index contributed by atoms with van der Waals surface area (Å²) in [6.45, 7) is 2.25. The highest BCUT2D eigenvalue weighted by molar-refractivity contribution is 5.80. The van der Waals surface area contributed by atoms with E-state index in [1.165, 1.54) is 0 Å². The van der Waals surface area contributed by atoms with Gasteiger partial charge in [0.25, 0.3) is 0 Å². The van der Waals surface area contributed by atoms with E-state index < -0.39 is 12.0 Å². The summed E-state index contributed by atoms with van der Waals surface area (Å²) >= 11 is 0. The summed E-state index contributed by atoms with van der Waals surface area (Å²) < 4.78 is 7.50. The van der Waals surface area contributed by atoms with E-state index in [0.29, 0.717) is 13.0 Å². The Morgan fingerprint density at radius 1 is 1.17 bits per heavy atom. The van der Waals surface area contributed by atoms with Gasteiger partial charge in [0, 0.05) is 6.42 Å². The van der Waals surface area contributed by atoms with Crippen LogP contribution in [0.3, 0.4) is 0 Å². The van der Waals surface area contributed by atoms with Crippen molar-refractivity contribution in [3.63, 3.8) is 0 Å². The highest BCUT2D eigenvalue weighted by Gasteiger charge is 2.20. The average Bonchev–Trinajstić information content (AvgIpc) is 2.97. The monoisotopic (exact) mass is 324 g/mol. The van der Waals surface area contributed by atoms with Crippen LogP contribution in [0.4, 0.5) is 0 Å². The molecule has 1 aromatic heterocycles. The third-order valence-corrected chi connectivity index (χ3v) is 3.97. The van der Waals surface area contributed by atoms with Gasteiger partial charge in [-0.15, -0.1) is 0 Å². The van der Waals surface area contributed by atoms with E-state index in [4.69, 9.17) is 4.74 Å². The first-order valence-electron chi connectivity index (χ1n) is 8.03. The molecule has 0 aliphatic heterocycles. The van der Waals surface area contributed by atoms with E-state index in [1.807, 2.05) is 54.6 Å². The Labute approximate surface area is 140 Å². The summed E-state index contributed by atoms with van der Waals surface area (Å²) in [4.78, 5) is 16.0. The quantitative estimate of drug-likeness (QED) is 0.673. The zero-order valence-corrected chi connectivity index (χ0v) is 13.6. The Morgan fingerprint density at radius 3 is 2.62 bits per heavy atom. The van der Waals surface area contributed by atoms with Crippen molar-refractivity contribution in [2.75, 3.05) is 6.61 Å². The number of aliphatic carboxylic acids is 1. The molecule has 1 unspecified atom stereocenters. The molecule has 0 spiro atoms. The number of aryl methyl sites for hydroxylation is 1. The smallest absolute Gasteiger partial charge is 0.326 e. The van der Waals surface area contributed by atoms with Gasteiger partial charge in [0.2, 0.25) is 0 Å². The Kier molecular flexibility index (Phi) is 4.79. The summed E-state index contributed by atoms with van der Waals surface area (Å²) in [5.74, 6) is 0.757. The molecule has 0 aliphatic rings. The van der Waals surface area contributed by atoms with E-state index >= 15 is 0 Å². The molecule has 24 heavy (non-hydrogen) atoms. The fourth-order valence-corrected chi connectivity index (χ4v) is 2.75. The number of para-hydroxylation sites is 3. The lowest BCUT2D eigenvalue weighted by Crippen LogP contribution is -2.18. The zero-order valence-electron chi connectivity index (χ0n) is 13.6. The fraction of sp³-hybridized carbons (Fsp3) is 0.263. The molecule has 0 saturated heterocycles. The Bertz CT molecular complexity index is 827. The van der Waals surface area contributed by atoms with Crippen LogP contribution in [0.5, 0.6) is 5.75 Å². The SMILES string of the molecule is CC(C(=O)O)n1c(CCCOc2ccccc2)nc2ccccc21. The van der Waals surface area contributed by atoms with E-state index in [-0.39, 0.29) is 0 Å². The van der Waals surface area contributed by atoms with Crippen molar-refractivity contribution in [2.45, 2.75) is 25.8 Å². The summed E-state index contributed by atoms with van der Waals surface area (Å²) in [5, 5.41) is 9.38. The van der Waals surface area contributed by atoms with Crippen LogP contribution in [0.1, 0.15) is 25.2 Å². The number of imidazole rings is 1. The van der Waals surface area contributed by atoms with Crippen molar-refractivity contribution in [1.82, 2.24) is 9.55 Å². The predicted octanol–water partition coefficient (Wildman–Crippen LogP) is 3.69. The summed E-state index contributed by atoms with van der Waals surface area (Å²) in [7, 11) is 0. The second-order valence-electron chi connectivity index (χ2n) is 5.67. The second kappa shape index (κ2) is 7.17. The third kappa shape index (κ3) is 3.40. The van der Waals surface area contributed by atoms with E-state index in [0.717, 1.165) is 29.0 Å². The maximum atomic E-state index is 11.4. The average molecular weight is 324 g/mol. The van der Waals surface area contributed by atoms with Gasteiger partial charge in [0.05, 0.1) is 17.6 Å². The molecule has 3 rings (SSSR count). The lowest BCUT2D eigenvalue weighted by atomic mass is 10.2. The molecular weight excluding hydrogens is 304 g/mol. The van der Waals surface area contributed by atoms with Crippen molar-refractivity contribution >= 4 is 17.0 Å². The highest BCUT2D eigenvalue weighted by Crippen LogP contribution is 2.22. The molecule has 1 atom stereocenters. The van der Waals surface area contributed by atoms with Crippen LogP contribution in [0.2, 0.25) is 0 Å². The molecule has 3 aromatic rings. The van der Waals surface area contributed by atoms with Crippen LogP contribution < -0.4 is 4.74 Å². The van der Waals surface area contributed by atoms with Crippen molar-refractivity contribution in [1.29, 1.82) is 0 Å². The molecule has 124 valence electrons. The summed E-state index contributed by atoms with van der Waals surface area (Å²) in [6, 6.07) is 16.6. The molecule has 0 aliphatic carbocycles. The predicted molar refractivity (Wildman–Crippen MR) is 92.3 cm³/mol. The van der Waals surface area contributed by atoms with Gasteiger partial charge < -0.3 is 14.4 Å². The number of carboxylic acid groups (broad SMARTS) is 1. The molecule has 0 saturated carbocycles. The number of ether oxygens (including phenoxy) is 1. The summed E-state index contributed by atoms with van der Waals surface area (Å²) in [6.07, 6.45) is 1.43. The van der Waals surface area contributed by atoms with Gasteiger partial charge in [-0.05, 0) is 37.6 Å². The van der Waals surface area contributed by atoms with Gasteiger partial charge in [0.15, 0.2) is 0 Å². The number of rotatable bonds is 7. The Hall–Kier alpha value is -2.82. The first kappa shape index (κ1) is 16.1. The van der Waals surface area contributed by atoms with Gasteiger partial charge in [-0.3, -0.25) is 0 Å². The molecule has 0 radical (unpaired) electrons. The fourth-order valence-electron chi connectivity index (χ4n) is 2.75. The van der Waals surface area contributed by atoms with E-state index in [9.17, 15) is 9.90 Å². The Balaban J connectivity index is 1.74. The minimum atomic E-state index is -0.861. The number of carboxylic acids is 1. The molecule has 0 bridgehead atoms. The van der Waals surface area contributed by atoms with Crippen LogP contribution in [0, 0.1) is 0 Å². The number of carbonyl (C=O) groups is 1. The van der Waals surface area contributed by atoms with Gasteiger partial charge >= 0.3 is 5.97 Å². The van der Waals surface area contributed by atoms with E-state index in [1.54, 1.807) is 11.5 Å². The summed E-state index contributed by atoms with van der Waals surface area (Å²) in [5.41, 5.74) is 1.68. The number of nitrogens with zero attached hydrogens (tertiary/aromatic N) is 2. The number of benzene rings is 2. The molecule has 2 aromatic carbocycles. The topological polar surface area (TPSA) is 64.3 Å². The first-order valence-corrected chi connectivity index (χ1v) is 8.03. The lowest BCUT2D eigenvalue weighted by Gasteiger charge is -2.13. The van der Waals surface area contributed by atoms with Gasteiger partial charge in [-0.25, -0.2) is 9.78 Å². The third-order valence-electron chi connectivity index (χ3n) is 3.97. The lowest BCUT2D eigenvalue weighted by molar-refractivity contribution is -0.140. The van der Waals surface area contributed by atoms with E-state index in [2.05, 4.69) is 4.98 Å². The molecule has 0 amide bonds. The molecule has 0 fully saturated rings. The largest absolute Gasteiger partial charge is 0.494 e. The van der Waals surface area contributed by atoms with Crippen LogP contribution in [-0.2, 0) is 11.2 Å². The maximum absolute atomic E-state index is 11.4. The number of hydrogen-bond donors (Lipinski definition) is 1. The maximum Gasteiger partial charge on any atom is 0.326 e. The normalized spacial score (nSPS) is 12.2. The minimum Gasteiger partial charge on any atom is -0.494 e. The number of fused-ring (bicyclic) bond motifs is 1. The minimum absolute atomic E-state index is 0.564. The van der Waals surface area contributed by atoms with Gasteiger partial charge in [-0.2, -0.15) is 0 Å². The zero-order chi connectivity index (χ0) is 16.9. The van der Waals surface area contributed by atoms with Crippen molar-refractivity contribution in [3.8, 4) is 5.75 Å². The van der Waals surface area contributed by atoms with Crippen molar-refractivity contribution < 1.29 is 14.6 Å². The molecule has 5 nitrogen and oxygen atoms in total. The number of hydrogen-bond acceptors (Lipinski definition) is 3. The van der Waals surface area contributed by atoms with Crippen LogP contribution in [0.15, 0.2) is 54.6 Å². The standard InChI is InChI=1S/C19H20N2O3/c1-14(19(22)23)21-17-11-6-5-10-16(17)20-18(21)12-7-13-24-15-8-3-2-4-9-15/h2-6,8-11,14H,7,12-13H2,1H3,(H,22,23). The van der Waals surface area contributed by atoms with Gasteiger partial charge in [0.1, 0.15) is 17.6 Å². The van der Waals surface area contributed by atoms with Crippen LogP contribution >= 0.6 is 0 Å². The van der Waals surface area contributed by atoms with Crippen molar-refractivity contribution in [3.05, 3.63) is 60.4 Å². The van der Waals surface area contributed by atoms with Crippen LogP contribution in [0.25, 0.3) is 11.0 Å². The molecular formula is C19H20N2O3. The number of aromatic nitrogens is 2. The molecule has 1 N–H and O–H groups in total. The Morgan fingerprint density at radius 2 is 1.88 bits per heavy atom. The molecule has 5 heteroatoms. The van der Waals surface area contributed by atoms with Crippen molar-refractivity contribution in [2.24, 2.45) is 0 Å². The molecule has 1 heterocycles. The second-order valence-corrected chi connectivity index (χ2v) is 5.67. The first-order chi connectivity index (χ1) is 11.7.